The zero-order chi connectivity index (χ0) is 13.2. The van der Waals surface area contributed by atoms with Gasteiger partial charge in [-0.3, -0.25) is 0 Å². The molecule has 1 fully saturated rings. The van der Waals surface area contributed by atoms with Crippen molar-refractivity contribution in [2.75, 3.05) is 0 Å². The largest absolute Gasteiger partial charge is 0.393 e. The van der Waals surface area contributed by atoms with Gasteiger partial charge in [0.25, 0.3) is 0 Å². The van der Waals surface area contributed by atoms with Crippen molar-refractivity contribution in [2.45, 2.75) is 56.6 Å². The minimum Gasteiger partial charge on any atom is -0.393 e. The Kier molecular flexibility index (Phi) is 4.03. The van der Waals surface area contributed by atoms with Crippen molar-refractivity contribution in [3.63, 3.8) is 0 Å². The highest BCUT2D eigenvalue weighted by Gasteiger charge is 2.36. The van der Waals surface area contributed by atoms with Crippen LogP contribution in [-0.2, 0) is 5.41 Å². The Bertz CT molecular complexity index is 380. The highest BCUT2D eigenvalue weighted by Crippen LogP contribution is 2.42. The summed E-state index contributed by atoms with van der Waals surface area (Å²) < 4.78 is 13.0. The maximum absolute atomic E-state index is 13.0. The van der Waals surface area contributed by atoms with Crippen LogP contribution in [0.15, 0.2) is 24.3 Å². The van der Waals surface area contributed by atoms with E-state index in [1.807, 2.05) is 19.1 Å². The SMILES string of the molecule is CC(N)C[C@]1(c2ccc(F)cc2)CC[C@H](O)CC1. The summed E-state index contributed by atoms with van der Waals surface area (Å²) in [6.07, 6.45) is 4.19. The summed E-state index contributed by atoms with van der Waals surface area (Å²) in [6.45, 7) is 2.01. The molecule has 3 N–H and O–H groups in total. The number of aliphatic hydroxyl groups excluding tert-OH is 1. The second-order valence-corrected chi connectivity index (χ2v) is 5.70. The van der Waals surface area contributed by atoms with Crippen molar-refractivity contribution in [1.82, 2.24) is 0 Å². The van der Waals surface area contributed by atoms with Crippen LogP contribution in [0.1, 0.15) is 44.6 Å². The van der Waals surface area contributed by atoms with Gasteiger partial charge in [-0.1, -0.05) is 12.1 Å². The molecule has 2 nitrogen and oxygen atoms in total. The maximum atomic E-state index is 13.0. The summed E-state index contributed by atoms with van der Waals surface area (Å²) >= 11 is 0. The highest BCUT2D eigenvalue weighted by molar-refractivity contribution is 5.27. The number of rotatable bonds is 3. The van der Waals surface area contributed by atoms with E-state index in [2.05, 4.69) is 0 Å². The van der Waals surface area contributed by atoms with Crippen LogP contribution in [-0.4, -0.2) is 17.3 Å². The minimum absolute atomic E-state index is 0.0150. The van der Waals surface area contributed by atoms with Gasteiger partial charge in [0.05, 0.1) is 6.10 Å². The average Bonchev–Trinajstić information content (AvgIpc) is 2.33. The normalized spacial score (nSPS) is 30.1. The molecule has 0 spiro atoms. The average molecular weight is 251 g/mol. The Balaban J connectivity index is 2.27. The number of hydrogen-bond acceptors (Lipinski definition) is 2. The lowest BCUT2D eigenvalue weighted by Gasteiger charge is -2.40. The van der Waals surface area contributed by atoms with E-state index in [1.165, 1.54) is 12.1 Å². The predicted octanol–water partition coefficient (Wildman–Crippen LogP) is 2.74. The van der Waals surface area contributed by atoms with Crippen molar-refractivity contribution >= 4 is 0 Å². The van der Waals surface area contributed by atoms with Gasteiger partial charge in [0.2, 0.25) is 0 Å². The lowest BCUT2D eigenvalue weighted by atomic mass is 9.65. The number of hydrogen-bond donors (Lipinski definition) is 2. The lowest BCUT2D eigenvalue weighted by molar-refractivity contribution is 0.0899. The first-order valence-corrected chi connectivity index (χ1v) is 6.71. The van der Waals surface area contributed by atoms with E-state index < -0.39 is 0 Å². The van der Waals surface area contributed by atoms with Crippen molar-refractivity contribution in [3.05, 3.63) is 35.6 Å². The Morgan fingerprint density at radius 1 is 1.33 bits per heavy atom. The first-order valence-electron chi connectivity index (χ1n) is 6.71. The summed E-state index contributed by atoms with van der Waals surface area (Å²) in [4.78, 5) is 0. The molecule has 0 bridgehead atoms. The van der Waals surface area contributed by atoms with Gasteiger partial charge in [-0.2, -0.15) is 0 Å². The Hall–Kier alpha value is -0.930. The van der Waals surface area contributed by atoms with E-state index in [4.69, 9.17) is 5.73 Å². The Morgan fingerprint density at radius 3 is 2.39 bits per heavy atom. The molecule has 1 aromatic carbocycles. The molecule has 0 amide bonds. The van der Waals surface area contributed by atoms with E-state index in [-0.39, 0.29) is 23.4 Å². The summed E-state index contributed by atoms with van der Waals surface area (Å²) in [5.74, 6) is -0.203. The summed E-state index contributed by atoms with van der Waals surface area (Å²) in [7, 11) is 0. The molecule has 1 aliphatic carbocycles. The van der Waals surface area contributed by atoms with E-state index in [0.717, 1.165) is 37.7 Å². The number of benzene rings is 1. The quantitative estimate of drug-likeness (QED) is 0.867. The van der Waals surface area contributed by atoms with Crippen LogP contribution in [0.4, 0.5) is 4.39 Å². The van der Waals surface area contributed by atoms with Crippen molar-refractivity contribution in [2.24, 2.45) is 5.73 Å². The molecule has 1 aliphatic rings. The number of halogens is 1. The van der Waals surface area contributed by atoms with Gasteiger partial charge in [-0.05, 0) is 62.1 Å². The predicted molar refractivity (Wildman–Crippen MR) is 70.8 cm³/mol. The van der Waals surface area contributed by atoms with E-state index >= 15 is 0 Å². The third-order valence-electron chi connectivity index (χ3n) is 4.08. The molecule has 1 unspecified atom stereocenters. The molecule has 1 saturated carbocycles. The zero-order valence-electron chi connectivity index (χ0n) is 10.9. The molecule has 3 heteroatoms. The van der Waals surface area contributed by atoms with Crippen LogP contribution in [0.2, 0.25) is 0 Å². The second-order valence-electron chi connectivity index (χ2n) is 5.70. The van der Waals surface area contributed by atoms with Gasteiger partial charge in [-0.15, -0.1) is 0 Å². The van der Waals surface area contributed by atoms with Crippen LogP contribution in [0.5, 0.6) is 0 Å². The van der Waals surface area contributed by atoms with Crippen LogP contribution >= 0.6 is 0 Å². The highest BCUT2D eigenvalue weighted by atomic mass is 19.1. The molecular weight excluding hydrogens is 229 g/mol. The third kappa shape index (κ3) is 2.90. The fourth-order valence-corrected chi connectivity index (χ4v) is 3.19. The monoisotopic (exact) mass is 251 g/mol. The molecule has 100 valence electrons. The molecule has 1 aromatic rings. The van der Waals surface area contributed by atoms with Gasteiger partial charge in [0.15, 0.2) is 0 Å². The molecule has 0 aliphatic heterocycles. The van der Waals surface area contributed by atoms with E-state index in [9.17, 15) is 9.50 Å². The van der Waals surface area contributed by atoms with Gasteiger partial charge < -0.3 is 10.8 Å². The Morgan fingerprint density at radius 2 is 1.89 bits per heavy atom. The van der Waals surface area contributed by atoms with Gasteiger partial charge in [0, 0.05) is 6.04 Å². The fraction of sp³-hybridized carbons (Fsp3) is 0.600. The Labute approximate surface area is 108 Å². The van der Waals surface area contributed by atoms with Crippen molar-refractivity contribution in [3.8, 4) is 0 Å². The van der Waals surface area contributed by atoms with Gasteiger partial charge in [0.1, 0.15) is 5.82 Å². The van der Waals surface area contributed by atoms with E-state index in [0.29, 0.717) is 0 Å². The summed E-state index contributed by atoms with van der Waals surface area (Å²) in [5, 5.41) is 9.68. The smallest absolute Gasteiger partial charge is 0.123 e. The topological polar surface area (TPSA) is 46.2 Å². The molecule has 0 heterocycles. The van der Waals surface area contributed by atoms with Crippen molar-refractivity contribution < 1.29 is 9.50 Å². The fourth-order valence-electron chi connectivity index (χ4n) is 3.19. The van der Waals surface area contributed by atoms with Gasteiger partial charge in [-0.25, -0.2) is 4.39 Å². The first-order chi connectivity index (χ1) is 8.52. The maximum Gasteiger partial charge on any atom is 0.123 e. The summed E-state index contributed by atoms with van der Waals surface area (Å²) in [6, 6.07) is 6.89. The summed E-state index contributed by atoms with van der Waals surface area (Å²) in [5.41, 5.74) is 7.15. The second kappa shape index (κ2) is 5.37. The van der Waals surface area contributed by atoms with Crippen LogP contribution in [0.3, 0.4) is 0 Å². The first kappa shape index (κ1) is 13.5. The third-order valence-corrected chi connectivity index (χ3v) is 4.08. The molecule has 0 radical (unpaired) electrons. The zero-order valence-corrected chi connectivity index (χ0v) is 10.9. The molecule has 18 heavy (non-hydrogen) atoms. The standard InChI is InChI=1S/C15H22FNO/c1-11(17)10-15(8-6-14(18)7-9-15)12-2-4-13(16)5-3-12/h2-5,11,14,18H,6-10,17H2,1H3/t11?,14-,15-. The molecule has 1 atom stereocenters. The van der Waals surface area contributed by atoms with Crippen molar-refractivity contribution in [1.29, 1.82) is 0 Å². The molecule has 0 saturated heterocycles. The molecule has 0 aromatic heterocycles. The molecule has 2 rings (SSSR count). The van der Waals surface area contributed by atoms with E-state index in [1.54, 1.807) is 0 Å². The van der Waals surface area contributed by atoms with Crippen LogP contribution in [0, 0.1) is 5.82 Å². The minimum atomic E-state index is -0.203. The number of aliphatic hydroxyl groups is 1. The van der Waals surface area contributed by atoms with Crippen LogP contribution < -0.4 is 5.73 Å². The van der Waals surface area contributed by atoms with Crippen LogP contribution in [0.25, 0.3) is 0 Å². The lowest BCUT2D eigenvalue weighted by Crippen LogP contribution is -2.38. The van der Waals surface area contributed by atoms with Gasteiger partial charge >= 0.3 is 0 Å². The molecular formula is C15H22FNO. The number of nitrogens with two attached hydrogens (primary N) is 1.